The van der Waals surface area contributed by atoms with Gasteiger partial charge in [-0.3, -0.25) is 4.79 Å². The molecule has 2 rings (SSSR count). The molecule has 1 unspecified atom stereocenters. The molecule has 1 aromatic rings. The summed E-state index contributed by atoms with van der Waals surface area (Å²) in [5.74, 6) is 0.176. The lowest BCUT2D eigenvalue weighted by Crippen LogP contribution is -2.33. The molecule has 1 heterocycles. The van der Waals surface area contributed by atoms with E-state index in [1.165, 1.54) is 0 Å². The predicted molar refractivity (Wildman–Crippen MR) is 70.0 cm³/mol. The largest absolute Gasteiger partial charge is 0.364 e. The molecule has 0 bridgehead atoms. The van der Waals surface area contributed by atoms with E-state index < -0.39 is 0 Å². The second kappa shape index (κ2) is 5.00. The van der Waals surface area contributed by atoms with Gasteiger partial charge in [0.15, 0.2) is 5.78 Å². The van der Waals surface area contributed by atoms with Crippen molar-refractivity contribution in [2.75, 3.05) is 6.54 Å². The summed E-state index contributed by atoms with van der Waals surface area (Å²) in [6, 6.07) is 8.02. The Bertz CT molecular complexity index is 474. The normalized spacial score (nSPS) is 18.5. The first-order valence-corrected chi connectivity index (χ1v) is 5.88. The fourth-order valence-electron chi connectivity index (χ4n) is 1.96. The van der Waals surface area contributed by atoms with E-state index in [0.29, 0.717) is 6.54 Å². The first-order valence-electron chi connectivity index (χ1n) is 5.88. The average Bonchev–Trinajstić information content (AvgIpc) is 2.32. The highest BCUT2D eigenvalue weighted by molar-refractivity contribution is 5.99. The van der Waals surface area contributed by atoms with Gasteiger partial charge in [-0.1, -0.05) is 36.4 Å². The third-order valence-corrected chi connectivity index (χ3v) is 3.07. The van der Waals surface area contributed by atoms with Crippen molar-refractivity contribution >= 4 is 5.78 Å². The number of ketones is 1. The standard InChI is InChI=1S/C15H17NO/c1-12-7-3-4-9-14(12)15(17)11-16-10-6-5-8-13(16)2/h3-10,13H,11H2,1-2H3. The van der Waals surface area contributed by atoms with E-state index in [1.54, 1.807) is 0 Å². The van der Waals surface area contributed by atoms with E-state index >= 15 is 0 Å². The molecule has 1 aliphatic rings. The van der Waals surface area contributed by atoms with Gasteiger partial charge in [-0.15, -0.1) is 0 Å². The highest BCUT2D eigenvalue weighted by Crippen LogP contribution is 2.12. The topological polar surface area (TPSA) is 20.3 Å². The molecule has 0 radical (unpaired) electrons. The van der Waals surface area contributed by atoms with Gasteiger partial charge in [0.1, 0.15) is 0 Å². The van der Waals surface area contributed by atoms with E-state index in [9.17, 15) is 4.79 Å². The number of carbonyl (C=O) groups excluding carboxylic acids is 1. The third kappa shape index (κ3) is 2.64. The molecule has 0 amide bonds. The van der Waals surface area contributed by atoms with Crippen LogP contribution in [0.15, 0.2) is 48.7 Å². The molecular formula is C15H17NO. The van der Waals surface area contributed by atoms with Gasteiger partial charge in [-0.05, 0) is 25.5 Å². The number of nitrogens with zero attached hydrogens (tertiary/aromatic N) is 1. The van der Waals surface area contributed by atoms with Crippen LogP contribution in [0.1, 0.15) is 22.8 Å². The van der Waals surface area contributed by atoms with Crippen molar-refractivity contribution in [3.63, 3.8) is 0 Å². The van der Waals surface area contributed by atoms with Crippen LogP contribution in [-0.2, 0) is 0 Å². The molecule has 0 aliphatic carbocycles. The molecule has 17 heavy (non-hydrogen) atoms. The van der Waals surface area contributed by atoms with Crippen molar-refractivity contribution in [3.05, 3.63) is 59.8 Å². The van der Waals surface area contributed by atoms with Crippen LogP contribution >= 0.6 is 0 Å². The molecule has 0 saturated heterocycles. The summed E-state index contributed by atoms with van der Waals surface area (Å²) < 4.78 is 0. The first kappa shape index (κ1) is 11.6. The van der Waals surface area contributed by atoms with Crippen molar-refractivity contribution < 1.29 is 4.79 Å². The molecule has 0 saturated carbocycles. The van der Waals surface area contributed by atoms with Crippen LogP contribution in [0.5, 0.6) is 0 Å². The Morgan fingerprint density at radius 2 is 2.06 bits per heavy atom. The Kier molecular flexibility index (Phi) is 3.43. The quantitative estimate of drug-likeness (QED) is 0.740. The molecular weight excluding hydrogens is 210 g/mol. The second-order valence-corrected chi connectivity index (χ2v) is 4.38. The zero-order chi connectivity index (χ0) is 12.3. The molecule has 88 valence electrons. The van der Waals surface area contributed by atoms with Crippen LogP contribution in [0.2, 0.25) is 0 Å². The summed E-state index contributed by atoms with van der Waals surface area (Å²) in [4.78, 5) is 14.2. The zero-order valence-electron chi connectivity index (χ0n) is 10.3. The van der Waals surface area contributed by atoms with Crippen molar-refractivity contribution in [2.45, 2.75) is 19.9 Å². The summed E-state index contributed by atoms with van der Waals surface area (Å²) in [6.45, 7) is 4.50. The predicted octanol–water partition coefficient (Wildman–Crippen LogP) is 2.95. The fraction of sp³-hybridized carbons (Fsp3) is 0.267. The minimum Gasteiger partial charge on any atom is -0.364 e. The van der Waals surface area contributed by atoms with Crippen LogP contribution in [0.4, 0.5) is 0 Å². The number of benzene rings is 1. The number of hydrogen-bond acceptors (Lipinski definition) is 2. The van der Waals surface area contributed by atoms with Crippen LogP contribution in [0.3, 0.4) is 0 Å². The molecule has 0 fully saturated rings. The van der Waals surface area contributed by atoms with Crippen LogP contribution in [0.25, 0.3) is 0 Å². The summed E-state index contributed by atoms with van der Waals surface area (Å²) in [5, 5.41) is 0. The van der Waals surface area contributed by atoms with Gasteiger partial charge in [0.25, 0.3) is 0 Å². The van der Waals surface area contributed by atoms with Gasteiger partial charge >= 0.3 is 0 Å². The lowest BCUT2D eigenvalue weighted by atomic mass is 10.0. The molecule has 1 atom stereocenters. The maximum Gasteiger partial charge on any atom is 0.182 e. The Hall–Kier alpha value is -1.83. The van der Waals surface area contributed by atoms with Crippen LogP contribution in [0, 0.1) is 6.92 Å². The molecule has 2 heteroatoms. The number of allylic oxidation sites excluding steroid dienone is 2. The van der Waals surface area contributed by atoms with Gasteiger partial charge in [0, 0.05) is 17.8 Å². The van der Waals surface area contributed by atoms with Gasteiger partial charge in [-0.25, -0.2) is 0 Å². The Labute approximate surface area is 102 Å². The Morgan fingerprint density at radius 3 is 2.76 bits per heavy atom. The maximum absolute atomic E-state index is 12.2. The Morgan fingerprint density at radius 1 is 1.29 bits per heavy atom. The Balaban J connectivity index is 2.10. The zero-order valence-corrected chi connectivity index (χ0v) is 10.3. The SMILES string of the molecule is Cc1ccccc1C(=O)CN1C=CC=CC1C. The third-order valence-electron chi connectivity index (χ3n) is 3.07. The minimum absolute atomic E-state index is 0.176. The number of aryl methyl sites for hydroxylation is 1. The van der Waals surface area contributed by atoms with Crippen molar-refractivity contribution in [2.24, 2.45) is 0 Å². The molecule has 1 aromatic carbocycles. The number of Topliss-reactive ketones (excluding diaryl/α,β-unsaturated/α-hetero) is 1. The van der Waals surface area contributed by atoms with Gasteiger partial charge in [0.05, 0.1) is 6.54 Å². The van der Waals surface area contributed by atoms with E-state index in [4.69, 9.17) is 0 Å². The molecule has 1 aliphatic heterocycles. The highest BCUT2D eigenvalue weighted by Gasteiger charge is 2.15. The molecule has 0 N–H and O–H groups in total. The molecule has 0 aromatic heterocycles. The van der Waals surface area contributed by atoms with Crippen molar-refractivity contribution in [1.82, 2.24) is 4.90 Å². The average molecular weight is 227 g/mol. The van der Waals surface area contributed by atoms with E-state index in [-0.39, 0.29) is 11.8 Å². The molecule has 2 nitrogen and oxygen atoms in total. The monoisotopic (exact) mass is 227 g/mol. The summed E-state index contributed by atoms with van der Waals surface area (Å²) in [7, 11) is 0. The number of rotatable bonds is 3. The first-order chi connectivity index (χ1) is 8.18. The van der Waals surface area contributed by atoms with E-state index in [2.05, 4.69) is 17.9 Å². The minimum atomic E-state index is 0.176. The van der Waals surface area contributed by atoms with E-state index in [1.807, 2.05) is 49.5 Å². The summed E-state index contributed by atoms with van der Waals surface area (Å²) >= 11 is 0. The lowest BCUT2D eigenvalue weighted by Gasteiger charge is -2.26. The lowest BCUT2D eigenvalue weighted by molar-refractivity contribution is 0.0946. The van der Waals surface area contributed by atoms with Crippen molar-refractivity contribution in [3.8, 4) is 0 Å². The summed E-state index contributed by atoms with van der Waals surface area (Å²) in [6.07, 6.45) is 8.04. The highest BCUT2D eigenvalue weighted by atomic mass is 16.1. The molecule has 0 spiro atoms. The number of carbonyl (C=O) groups is 1. The van der Waals surface area contributed by atoms with E-state index in [0.717, 1.165) is 11.1 Å². The van der Waals surface area contributed by atoms with Crippen LogP contribution < -0.4 is 0 Å². The van der Waals surface area contributed by atoms with Gasteiger partial charge < -0.3 is 4.90 Å². The van der Waals surface area contributed by atoms with Gasteiger partial charge in [-0.2, -0.15) is 0 Å². The maximum atomic E-state index is 12.2. The van der Waals surface area contributed by atoms with Crippen LogP contribution in [-0.4, -0.2) is 23.3 Å². The number of hydrogen-bond donors (Lipinski definition) is 0. The smallest absolute Gasteiger partial charge is 0.182 e. The fourth-order valence-corrected chi connectivity index (χ4v) is 1.96. The van der Waals surface area contributed by atoms with Gasteiger partial charge in [0.2, 0.25) is 0 Å². The summed E-state index contributed by atoms with van der Waals surface area (Å²) in [5.41, 5.74) is 1.87. The van der Waals surface area contributed by atoms with Crippen molar-refractivity contribution in [1.29, 1.82) is 0 Å². The second-order valence-electron chi connectivity index (χ2n) is 4.38.